The first-order valence-electron chi connectivity index (χ1n) is 12.4. The number of ether oxygens (including phenoxy) is 2. The van der Waals surface area contributed by atoms with Gasteiger partial charge in [-0.2, -0.15) is 5.26 Å². The molecule has 1 atom stereocenters. The molecule has 0 unspecified atom stereocenters. The summed E-state index contributed by atoms with van der Waals surface area (Å²) in [7, 11) is 0. The summed E-state index contributed by atoms with van der Waals surface area (Å²) in [5, 5.41) is 18.1. The van der Waals surface area contributed by atoms with Gasteiger partial charge in [0.1, 0.15) is 17.2 Å². The van der Waals surface area contributed by atoms with Crippen molar-refractivity contribution in [3.63, 3.8) is 0 Å². The summed E-state index contributed by atoms with van der Waals surface area (Å²) < 4.78 is 10.8. The van der Waals surface area contributed by atoms with Gasteiger partial charge >= 0.3 is 6.09 Å². The fourth-order valence-electron chi connectivity index (χ4n) is 4.53. The van der Waals surface area contributed by atoms with E-state index < -0.39 is 29.2 Å². The van der Waals surface area contributed by atoms with Crippen molar-refractivity contribution in [3.05, 3.63) is 59.2 Å². The van der Waals surface area contributed by atoms with Gasteiger partial charge in [0.15, 0.2) is 0 Å². The van der Waals surface area contributed by atoms with Crippen LogP contribution in [-0.4, -0.2) is 48.3 Å². The van der Waals surface area contributed by atoms with Gasteiger partial charge in [0.25, 0.3) is 5.91 Å². The zero-order chi connectivity index (χ0) is 26.6. The van der Waals surface area contributed by atoms with Crippen molar-refractivity contribution in [2.24, 2.45) is 0 Å². The van der Waals surface area contributed by atoms with Crippen LogP contribution in [0, 0.1) is 11.3 Å². The lowest BCUT2D eigenvalue weighted by atomic mass is 9.88. The van der Waals surface area contributed by atoms with E-state index >= 15 is 0 Å². The third kappa shape index (κ3) is 6.27. The van der Waals surface area contributed by atoms with Crippen LogP contribution in [0.5, 0.6) is 0 Å². The molecule has 3 N–H and O–H groups in total. The second-order valence-electron chi connectivity index (χ2n) is 10.4. The van der Waals surface area contributed by atoms with Crippen molar-refractivity contribution in [1.82, 2.24) is 16.0 Å². The Kier molecular flexibility index (Phi) is 7.50. The number of carbonyl (C=O) groups is 3. The lowest BCUT2D eigenvalue weighted by Gasteiger charge is -2.37. The molecule has 2 aliphatic heterocycles. The van der Waals surface area contributed by atoms with E-state index in [1.54, 1.807) is 20.8 Å². The Morgan fingerprint density at radius 3 is 2.46 bits per heavy atom. The fraction of sp³-hybridized carbons (Fsp3) is 0.429. The van der Waals surface area contributed by atoms with Crippen LogP contribution in [0.3, 0.4) is 0 Å². The molecule has 0 aromatic heterocycles. The lowest BCUT2D eigenvalue weighted by Crippen LogP contribution is -2.63. The molecule has 0 radical (unpaired) electrons. The minimum Gasteiger partial charge on any atom is -0.444 e. The number of rotatable bonds is 6. The molecule has 9 nitrogen and oxygen atoms in total. The van der Waals surface area contributed by atoms with Crippen LogP contribution >= 0.6 is 0 Å². The molecule has 1 saturated heterocycles. The number of benzene rings is 2. The number of hydrogen-bond donors (Lipinski definition) is 3. The summed E-state index contributed by atoms with van der Waals surface area (Å²) in [6, 6.07) is 14.9. The minimum atomic E-state index is -1.21. The molecular weight excluding hydrogens is 472 g/mol. The zero-order valence-electron chi connectivity index (χ0n) is 21.3. The summed E-state index contributed by atoms with van der Waals surface area (Å²) in [4.78, 5) is 37.6. The molecule has 2 aliphatic rings. The minimum absolute atomic E-state index is 0.0506. The highest BCUT2D eigenvalue weighted by Gasteiger charge is 2.43. The van der Waals surface area contributed by atoms with Crippen molar-refractivity contribution < 1.29 is 23.9 Å². The van der Waals surface area contributed by atoms with Crippen molar-refractivity contribution in [2.45, 2.75) is 63.8 Å². The van der Waals surface area contributed by atoms with Gasteiger partial charge in [0.2, 0.25) is 5.91 Å². The number of amides is 3. The van der Waals surface area contributed by atoms with Gasteiger partial charge in [-0.3, -0.25) is 9.59 Å². The predicted octanol–water partition coefficient (Wildman–Crippen LogP) is 3.22. The van der Waals surface area contributed by atoms with Gasteiger partial charge in [-0.05, 0) is 55.2 Å². The first-order chi connectivity index (χ1) is 17.6. The van der Waals surface area contributed by atoms with E-state index in [4.69, 9.17) is 9.47 Å². The van der Waals surface area contributed by atoms with E-state index in [9.17, 15) is 19.6 Å². The van der Waals surface area contributed by atoms with Crippen LogP contribution < -0.4 is 16.0 Å². The largest absolute Gasteiger partial charge is 0.444 e. The second-order valence-corrected chi connectivity index (χ2v) is 10.4. The number of alkyl carbamates (subject to hydrolysis) is 1. The molecule has 37 heavy (non-hydrogen) atoms. The maximum absolute atomic E-state index is 13.3. The molecule has 0 aliphatic carbocycles. The standard InChI is InChI=1S/C28H32N4O5/c1-27(2,3)37-26(35)32-28(10-12-36-13-11-28)25(34)31-22(16-29)14-18-4-6-19(7-5-18)20-8-9-23-21(15-20)17-30-24(23)33/h4-9,15,22H,10-14,17H2,1-3H3,(H,30,33)(H,31,34)(H,32,35)/t22-/m0/s1. The molecule has 0 spiro atoms. The van der Waals surface area contributed by atoms with Gasteiger partial charge in [0.05, 0.1) is 6.07 Å². The number of fused-ring (bicyclic) bond motifs is 1. The summed E-state index contributed by atoms with van der Waals surface area (Å²) in [5.74, 6) is -0.476. The van der Waals surface area contributed by atoms with Gasteiger partial charge in [-0.15, -0.1) is 0 Å². The second kappa shape index (κ2) is 10.6. The topological polar surface area (TPSA) is 130 Å². The van der Waals surface area contributed by atoms with Gasteiger partial charge in [-0.25, -0.2) is 4.79 Å². The van der Waals surface area contributed by atoms with Gasteiger partial charge < -0.3 is 25.4 Å². The maximum atomic E-state index is 13.3. The Hall–Kier alpha value is -3.90. The maximum Gasteiger partial charge on any atom is 0.408 e. The molecule has 3 amide bonds. The third-order valence-corrected chi connectivity index (χ3v) is 6.50. The summed E-state index contributed by atoms with van der Waals surface area (Å²) in [5.41, 5.74) is 2.64. The van der Waals surface area contributed by atoms with Crippen LogP contribution in [0.4, 0.5) is 4.79 Å². The lowest BCUT2D eigenvalue weighted by molar-refractivity contribution is -0.132. The smallest absolute Gasteiger partial charge is 0.408 e. The van der Waals surface area contributed by atoms with E-state index in [0.717, 1.165) is 22.3 Å². The van der Waals surface area contributed by atoms with E-state index in [2.05, 4.69) is 22.0 Å². The average Bonchev–Trinajstić information content (AvgIpc) is 3.23. The Labute approximate surface area is 216 Å². The molecular formula is C28H32N4O5. The molecule has 4 rings (SSSR count). The highest BCUT2D eigenvalue weighted by Crippen LogP contribution is 2.26. The molecule has 2 aromatic carbocycles. The summed E-state index contributed by atoms with van der Waals surface area (Å²) >= 11 is 0. The van der Waals surface area contributed by atoms with Crippen LogP contribution in [0.25, 0.3) is 11.1 Å². The average molecular weight is 505 g/mol. The number of hydrogen-bond acceptors (Lipinski definition) is 6. The van der Waals surface area contributed by atoms with Crippen LogP contribution in [-0.2, 0) is 27.2 Å². The third-order valence-electron chi connectivity index (χ3n) is 6.50. The molecule has 2 heterocycles. The number of nitrogens with zero attached hydrogens (tertiary/aromatic N) is 1. The first kappa shape index (κ1) is 26.2. The predicted molar refractivity (Wildman–Crippen MR) is 136 cm³/mol. The normalized spacial score (nSPS) is 17.1. The van der Waals surface area contributed by atoms with Crippen molar-refractivity contribution in [2.75, 3.05) is 13.2 Å². The van der Waals surface area contributed by atoms with Crippen molar-refractivity contribution >= 4 is 17.9 Å². The van der Waals surface area contributed by atoms with Crippen molar-refractivity contribution in [3.8, 4) is 17.2 Å². The van der Waals surface area contributed by atoms with Gasteiger partial charge in [0, 0.05) is 44.6 Å². The fourth-order valence-corrected chi connectivity index (χ4v) is 4.53. The number of carbonyl (C=O) groups excluding carboxylic acids is 3. The SMILES string of the molecule is CC(C)(C)OC(=O)NC1(C(=O)N[C@H](C#N)Cc2ccc(-c3ccc4c(c3)CNC4=O)cc2)CCOCC1. The number of nitriles is 1. The quantitative estimate of drug-likeness (QED) is 0.554. The van der Waals surface area contributed by atoms with Crippen molar-refractivity contribution in [1.29, 1.82) is 5.26 Å². The summed E-state index contributed by atoms with van der Waals surface area (Å²) in [6.07, 6.45) is 0.199. The van der Waals surface area contributed by atoms with E-state index in [1.165, 1.54) is 0 Å². The van der Waals surface area contributed by atoms with Crippen LogP contribution in [0.15, 0.2) is 42.5 Å². The highest BCUT2D eigenvalue weighted by molar-refractivity contribution is 5.99. The van der Waals surface area contributed by atoms with Gasteiger partial charge in [-0.1, -0.05) is 30.3 Å². The Balaban J connectivity index is 1.42. The van der Waals surface area contributed by atoms with E-state index in [-0.39, 0.29) is 18.7 Å². The van der Waals surface area contributed by atoms with Crippen LogP contribution in [0.1, 0.15) is 55.1 Å². The molecule has 0 bridgehead atoms. The van der Waals surface area contributed by atoms with E-state index in [0.29, 0.717) is 31.7 Å². The Morgan fingerprint density at radius 1 is 1.14 bits per heavy atom. The molecule has 0 saturated carbocycles. The Bertz CT molecular complexity index is 1220. The molecule has 2 aromatic rings. The summed E-state index contributed by atoms with van der Waals surface area (Å²) in [6.45, 7) is 6.41. The Morgan fingerprint density at radius 2 is 1.81 bits per heavy atom. The first-order valence-corrected chi connectivity index (χ1v) is 12.4. The van der Waals surface area contributed by atoms with Crippen LogP contribution in [0.2, 0.25) is 0 Å². The number of nitrogens with one attached hydrogen (secondary N) is 3. The molecule has 1 fully saturated rings. The van der Waals surface area contributed by atoms with E-state index in [1.807, 2.05) is 42.5 Å². The zero-order valence-corrected chi connectivity index (χ0v) is 21.3. The molecule has 9 heteroatoms. The molecule has 194 valence electrons. The highest BCUT2D eigenvalue weighted by atomic mass is 16.6. The monoisotopic (exact) mass is 504 g/mol.